The van der Waals surface area contributed by atoms with Crippen molar-refractivity contribution in [3.05, 3.63) is 40.9 Å². The number of thiazole rings is 1. The molecular formula is C23H29N3O6S2. The van der Waals surface area contributed by atoms with Crippen LogP contribution in [0, 0.1) is 6.92 Å². The molecule has 1 amide bonds. The Morgan fingerprint density at radius 2 is 2.00 bits per heavy atom. The predicted molar refractivity (Wildman–Crippen MR) is 129 cm³/mol. The molecule has 0 radical (unpaired) electrons. The average Bonchev–Trinajstić information content (AvgIpc) is 3.58. The number of aromatic nitrogens is 1. The van der Waals surface area contributed by atoms with Crippen LogP contribution in [0.25, 0.3) is 0 Å². The zero-order valence-electron chi connectivity index (χ0n) is 19.2. The van der Waals surface area contributed by atoms with Gasteiger partial charge in [-0.05, 0) is 45.2 Å². The van der Waals surface area contributed by atoms with Gasteiger partial charge in [-0.25, -0.2) is 13.4 Å². The van der Waals surface area contributed by atoms with Gasteiger partial charge in [-0.1, -0.05) is 17.3 Å². The molecular weight excluding hydrogens is 478 g/mol. The van der Waals surface area contributed by atoms with Crippen molar-refractivity contribution in [2.45, 2.75) is 61.9 Å². The van der Waals surface area contributed by atoms with Crippen molar-refractivity contribution >= 4 is 37.9 Å². The van der Waals surface area contributed by atoms with Gasteiger partial charge in [-0.3, -0.25) is 10.1 Å². The van der Waals surface area contributed by atoms with Crippen LogP contribution in [0.3, 0.4) is 0 Å². The molecule has 1 saturated heterocycles. The summed E-state index contributed by atoms with van der Waals surface area (Å²) in [6.07, 6.45) is 4.50. The van der Waals surface area contributed by atoms with Gasteiger partial charge < -0.3 is 14.3 Å². The molecule has 0 spiro atoms. The lowest BCUT2D eigenvalue weighted by molar-refractivity contribution is -0.110. The minimum atomic E-state index is -3.50. The highest BCUT2D eigenvalue weighted by Gasteiger charge is 2.31. The Hall–Kier alpha value is -2.34. The van der Waals surface area contributed by atoms with E-state index in [9.17, 15) is 13.2 Å². The third-order valence-corrected chi connectivity index (χ3v) is 8.88. The van der Waals surface area contributed by atoms with Crippen LogP contribution in [-0.4, -0.2) is 62.3 Å². The van der Waals surface area contributed by atoms with E-state index in [0.29, 0.717) is 36.8 Å². The number of hydrogen-bond donors (Lipinski definition) is 1. The number of carbonyl (C=O) groups is 1. The van der Waals surface area contributed by atoms with E-state index in [0.717, 1.165) is 17.7 Å². The highest BCUT2D eigenvalue weighted by atomic mass is 32.2. The van der Waals surface area contributed by atoms with Crippen LogP contribution in [-0.2, 0) is 28.9 Å². The number of nitrogens with zero attached hydrogens (tertiary/aromatic N) is 2. The smallest absolute Gasteiger partial charge is 0.280 e. The second kappa shape index (κ2) is 10.9. The zero-order valence-corrected chi connectivity index (χ0v) is 20.9. The highest BCUT2D eigenvalue weighted by molar-refractivity contribution is 7.92. The summed E-state index contributed by atoms with van der Waals surface area (Å²) in [4.78, 5) is 24.1. The van der Waals surface area contributed by atoms with E-state index >= 15 is 0 Å². The highest BCUT2D eigenvalue weighted by Crippen LogP contribution is 2.26. The third-order valence-electron chi connectivity index (χ3n) is 5.87. The summed E-state index contributed by atoms with van der Waals surface area (Å²) < 4.78 is 36.6. The van der Waals surface area contributed by atoms with Crippen molar-refractivity contribution in [1.29, 1.82) is 0 Å². The zero-order chi connectivity index (χ0) is 24.1. The molecule has 1 saturated carbocycles. The first-order valence-electron chi connectivity index (χ1n) is 11.4. The molecule has 0 bridgehead atoms. The molecule has 34 heavy (non-hydrogen) atoms. The number of sulfone groups is 1. The largest absolute Gasteiger partial charge is 0.392 e. The number of anilines is 1. The lowest BCUT2D eigenvalue weighted by Crippen LogP contribution is -2.25. The molecule has 4 rings (SSSR count). The Bertz CT molecular complexity index is 1120. The van der Waals surface area contributed by atoms with Gasteiger partial charge in [0.25, 0.3) is 5.91 Å². The minimum Gasteiger partial charge on any atom is -0.392 e. The van der Waals surface area contributed by atoms with Crippen LogP contribution in [0.4, 0.5) is 5.13 Å². The van der Waals surface area contributed by atoms with E-state index < -0.39 is 21.0 Å². The third kappa shape index (κ3) is 5.83. The maximum Gasteiger partial charge on any atom is 0.280 e. The maximum absolute atomic E-state index is 13.1. The van der Waals surface area contributed by atoms with Gasteiger partial charge in [0.1, 0.15) is 6.10 Å². The molecule has 184 valence electrons. The fourth-order valence-electron chi connectivity index (χ4n) is 4.06. The van der Waals surface area contributed by atoms with Gasteiger partial charge in [-0.2, -0.15) is 0 Å². The summed E-state index contributed by atoms with van der Waals surface area (Å²) >= 11 is 1.35. The summed E-state index contributed by atoms with van der Waals surface area (Å²) in [5.41, 5.74) is 0.507. The van der Waals surface area contributed by atoms with Crippen LogP contribution in [0.5, 0.6) is 0 Å². The Balaban J connectivity index is 1.55. The normalized spacial score (nSPS) is 23.2. The number of ether oxygens (including phenoxy) is 2. The molecule has 1 N–H and O–H groups in total. The molecule has 1 aromatic heterocycles. The first-order chi connectivity index (χ1) is 16.4. The standard InChI is InChI=1S/C23H29N3O6S2/c1-3-31-17-6-7-18(12-17)32-26-21(22(27)25-23-24-13-15(2)33-23)16-4-8-19(9-5-16)34(28,29)20-10-11-30-14-20/h4-5,8-9,13,17-18,20H,3,6-7,10-12,14H2,1-2H3,(H,24,25,27)/b26-21+/t17-,18-,20+/m1/s1. The van der Waals surface area contributed by atoms with E-state index in [-0.39, 0.29) is 29.4 Å². The maximum atomic E-state index is 13.1. The lowest BCUT2D eigenvalue weighted by Gasteiger charge is -2.13. The quantitative estimate of drug-likeness (QED) is 0.409. The molecule has 1 aliphatic carbocycles. The van der Waals surface area contributed by atoms with Gasteiger partial charge in [0.05, 0.1) is 22.9 Å². The van der Waals surface area contributed by atoms with E-state index in [4.69, 9.17) is 14.3 Å². The second-order valence-electron chi connectivity index (χ2n) is 8.34. The number of amides is 1. The molecule has 1 aliphatic heterocycles. The molecule has 0 unspecified atom stereocenters. The number of benzene rings is 1. The number of nitrogens with one attached hydrogen (secondary N) is 1. The minimum absolute atomic E-state index is 0.0564. The van der Waals surface area contributed by atoms with Crippen molar-refractivity contribution < 1.29 is 27.5 Å². The van der Waals surface area contributed by atoms with Crippen molar-refractivity contribution in [3.8, 4) is 0 Å². The van der Waals surface area contributed by atoms with E-state index in [2.05, 4.69) is 15.5 Å². The summed E-state index contributed by atoms with van der Waals surface area (Å²) in [5.74, 6) is -0.478. The van der Waals surface area contributed by atoms with Crippen molar-refractivity contribution in [2.24, 2.45) is 5.16 Å². The summed E-state index contributed by atoms with van der Waals surface area (Å²) in [6.45, 7) is 5.14. The molecule has 2 aromatic rings. The number of oxime groups is 1. The molecule has 9 nitrogen and oxygen atoms in total. The fourth-order valence-corrected chi connectivity index (χ4v) is 6.30. The van der Waals surface area contributed by atoms with E-state index in [1.54, 1.807) is 18.3 Å². The Morgan fingerprint density at radius 1 is 1.24 bits per heavy atom. The number of hydrogen-bond acceptors (Lipinski definition) is 9. The SMILES string of the molecule is CCO[C@@H]1CC[C@@H](O/N=C(/C(=O)Nc2ncc(C)s2)c2ccc(S(=O)(=O)[C@H]3CCOC3)cc2)C1. The van der Waals surface area contributed by atoms with Gasteiger partial charge in [0, 0.05) is 36.3 Å². The number of rotatable bonds is 9. The van der Waals surface area contributed by atoms with Crippen molar-refractivity contribution in [1.82, 2.24) is 4.98 Å². The molecule has 2 fully saturated rings. The van der Waals surface area contributed by atoms with Crippen LogP contribution >= 0.6 is 11.3 Å². The number of aryl methyl sites for hydroxylation is 1. The van der Waals surface area contributed by atoms with Gasteiger partial charge in [0.2, 0.25) is 0 Å². The number of carbonyl (C=O) groups excluding carboxylic acids is 1. The van der Waals surface area contributed by atoms with Gasteiger partial charge in [0.15, 0.2) is 20.7 Å². The van der Waals surface area contributed by atoms with Crippen LogP contribution < -0.4 is 5.32 Å². The summed E-state index contributed by atoms with van der Waals surface area (Å²) in [5, 5.41) is 6.86. The monoisotopic (exact) mass is 507 g/mol. The average molecular weight is 508 g/mol. The first kappa shape index (κ1) is 24.8. The molecule has 1 aromatic carbocycles. The van der Waals surface area contributed by atoms with Crippen LogP contribution in [0.2, 0.25) is 0 Å². The van der Waals surface area contributed by atoms with Crippen molar-refractivity contribution in [2.75, 3.05) is 25.1 Å². The first-order valence-corrected chi connectivity index (χ1v) is 13.7. The van der Waals surface area contributed by atoms with Crippen LogP contribution in [0.15, 0.2) is 40.5 Å². The second-order valence-corrected chi connectivity index (χ2v) is 11.8. The summed E-state index contributed by atoms with van der Waals surface area (Å²) in [7, 11) is -3.50. The Kier molecular flexibility index (Phi) is 7.97. The van der Waals surface area contributed by atoms with E-state index in [1.165, 1.54) is 23.5 Å². The molecule has 3 atom stereocenters. The Morgan fingerprint density at radius 3 is 2.65 bits per heavy atom. The predicted octanol–water partition coefficient (Wildman–Crippen LogP) is 3.33. The lowest BCUT2D eigenvalue weighted by atomic mass is 10.1. The van der Waals surface area contributed by atoms with Crippen LogP contribution in [0.1, 0.15) is 43.0 Å². The topological polar surface area (TPSA) is 116 Å². The van der Waals surface area contributed by atoms with Gasteiger partial charge >= 0.3 is 0 Å². The fraction of sp³-hybridized carbons (Fsp3) is 0.522. The van der Waals surface area contributed by atoms with E-state index in [1.807, 2.05) is 13.8 Å². The molecule has 11 heteroatoms. The summed E-state index contributed by atoms with van der Waals surface area (Å²) in [6, 6.07) is 6.16. The van der Waals surface area contributed by atoms with Crippen molar-refractivity contribution in [3.63, 3.8) is 0 Å². The van der Waals surface area contributed by atoms with Gasteiger partial charge in [-0.15, -0.1) is 11.3 Å². The molecule has 2 heterocycles. The Labute approximate surface area is 203 Å². The molecule has 2 aliphatic rings.